The van der Waals surface area contributed by atoms with E-state index in [4.69, 9.17) is 18.7 Å². The number of aromatic nitrogens is 1. The Morgan fingerprint density at radius 1 is 1.00 bits per heavy atom. The van der Waals surface area contributed by atoms with Gasteiger partial charge in [0.15, 0.2) is 0 Å². The Morgan fingerprint density at radius 2 is 1.77 bits per heavy atom. The van der Waals surface area contributed by atoms with Crippen LogP contribution in [0.25, 0.3) is 0 Å². The van der Waals surface area contributed by atoms with Crippen LogP contribution < -0.4 is 4.74 Å². The van der Waals surface area contributed by atoms with Gasteiger partial charge in [0.25, 0.3) is 0 Å². The molecular weight excluding hydrogens is 386 g/mol. The van der Waals surface area contributed by atoms with E-state index in [1.165, 1.54) is 7.11 Å². The molecule has 0 saturated carbocycles. The summed E-state index contributed by atoms with van der Waals surface area (Å²) in [5.74, 6) is 0.637. The van der Waals surface area contributed by atoms with Crippen LogP contribution >= 0.6 is 0 Å². The van der Waals surface area contributed by atoms with Crippen LogP contribution in [0.15, 0.2) is 53.1 Å². The topological polar surface area (TPSA) is 87.9 Å². The Labute approximate surface area is 174 Å². The molecule has 3 rings (SSSR count). The summed E-state index contributed by atoms with van der Waals surface area (Å²) in [4.78, 5) is 23.7. The Balaban J connectivity index is 1.49. The van der Waals surface area contributed by atoms with E-state index in [0.29, 0.717) is 23.5 Å². The van der Waals surface area contributed by atoms with E-state index < -0.39 is 5.97 Å². The van der Waals surface area contributed by atoms with Crippen molar-refractivity contribution in [2.75, 3.05) is 7.11 Å². The van der Waals surface area contributed by atoms with Gasteiger partial charge in [0.2, 0.25) is 0 Å². The highest BCUT2D eigenvalue weighted by Gasteiger charge is 2.11. The van der Waals surface area contributed by atoms with E-state index in [2.05, 4.69) is 5.16 Å². The zero-order valence-corrected chi connectivity index (χ0v) is 17.1. The summed E-state index contributed by atoms with van der Waals surface area (Å²) in [6.45, 7) is 4.17. The van der Waals surface area contributed by atoms with Crippen molar-refractivity contribution < 1.29 is 28.3 Å². The van der Waals surface area contributed by atoms with E-state index in [1.54, 1.807) is 36.4 Å². The van der Waals surface area contributed by atoms with Gasteiger partial charge in [0.05, 0.1) is 30.4 Å². The fourth-order valence-electron chi connectivity index (χ4n) is 2.85. The first-order chi connectivity index (χ1) is 14.5. The first-order valence-corrected chi connectivity index (χ1v) is 9.42. The van der Waals surface area contributed by atoms with Crippen molar-refractivity contribution in [3.05, 3.63) is 82.2 Å². The second kappa shape index (κ2) is 9.73. The molecule has 0 N–H and O–H groups in total. The summed E-state index contributed by atoms with van der Waals surface area (Å²) in [7, 11) is 1.32. The molecule has 0 unspecified atom stereocenters. The molecule has 0 spiro atoms. The highest BCUT2D eigenvalue weighted by molar-refractivity contribution is 5.89. The molecule has 0 aliphatic carbocycles. The molecule has 0 atom stereocenters. The highest BCUT2D eigenvalue weighted by Crippen LogP contribution is 2.18. The molecule has 7 nitrogen and oxygen atoms in total. The third-order valence-corrected chi connectivity index (χ3v) is 4.58. The molecule has 0 aliphatic rings. The number of esters is 2. The summed E-state index contributed by atoms with van der Waals surface area (Å²) in [6.07, 6.45) is 0.140. The SMILES string of the molecule is COC(=O)c1cccc(COC(=O)Cc2ccc(OCc3c(C)noc3C)cc2)c1. The number of ether oxygens (including phenoxy) is 3. The lowest BCUT2D eigenvalue weighted by molar-refractivity contribution is -0.144. The second-order valence-corrected chi connectivity index (χ2v) is 6.76. The average Bonchev–Trinajstić information content (AvgIpc) is 3.08. The summed E-state index contributed by atoms with van der Waals surface area (Å²) in [6, 6.07) is 14.0. The van der Waals surface area contributed by atoms with E-state index in [0.717, 1.165) is 22.6 Å². The molecule has 3 aromatic rings. The van der Waals surface area contributed by atoms with Gasteiger partial charge in [0.1, 0.15) is 24.7 Å². The van der Waals surface area contributed by atoms with Gasteiger partial charge in [-0.05, 0) is 49.2 Å². The number of carbonyl (C=O) groups is 2. The van der Waals surface area contributed by atoms with Crippen LogP contribution in [0.4, 0.5) is 0 Å². The van der Waals surface area contributed by atoms with Gasteiger partial charge in [-0.1, -0.05) is 29.4 Å². The number of aryl methyl sites for hydroxylation is 2. The molecule has 0 radical (unpaired) electrons. The quantitative estimate of drug-likeness (QED) is 0.521. The largest absolute Gasteiger partial charge is 0.489 e. The fraction of sp³-hybridized carbons (Fsp3) is 0.261. The number of hydrogen-bond acceptors (Lipinski definition) is 7. The maximum atomic E-state index is 12.1. The highest BCUT2D eigenvalue weighted by atomic mass is 16.5. The van der Waals surface area contributed by atoms with Crippen LogP contribution in [0.1, 0.15) is 38.5 Å². The van der Waals surface area contributed by atoms with Crippen molar-refractivity contribution >= 4 is 11.9 Å². The number of hydrogen-bond donors (Lipinski definition) is 0. The lowest BCUT2D eigenvalue weighted by atomic mass is 10.1. The number of carbonyl (C=O) groups excluding carboxylic acids is 2. The van der Waals surface area contributed by atoms with Crippen molar-refractivity contribution in [2.45, 2.75) is 33.5 Å². The monoisotopic (exact) mass is 409 g/mol. The zero-order chi connectivity index (χ0) is 21.5. The molecule has 2 aromatic carbocycles. The minimum atomic E-state index is -0.431. The van der Waals surface area contributed by atoms with Gasteiger partial charge in [-0.2, -0.15) is 0 Å². The Hall–Kier alpha value is -3.61. The predicted octanol–water partition coefficient (Wildman–Crippen LogP) is 3.94. The average molecular weight is 409 g/mol. The summed E-state index contributed by atoms with van der Waals surface area (Å²) >= 11 is 0. The van der Waals surface area contributed by atoms with Gasteiger partial charge in [0, 0.05) is 0 Å². The molecule has 1 heterocycles. The number of rotatable bonds is 8. The van der Waals surface area contributed by atoms with Crippen molar-refractivity contribution in [3.8, 4) is 5.75 Å². The maximum absolute atomic E-state index is 12.1. The van der Waals surface area contributed by atoms with Crippen LogP contribution in [0, 0.1) is 13.8 Å². The third-order valence-electron chi connectivity index (χ3n) is 4.58. The lowest BCUT2D eigenvalue weighted by Gasteiger charge is -2.08. The molecular formula is C23H23NO6. The van der Waals surface area contributed by atoms with Gasteiger partial charge < -0.3 is 18.7 Å². The van der Waals surface area contributed by atoms with Crippen molar-refractivity contribution in [1.82, 2.24) is 5.16 Å². The molecule has 0 amide bonds. The summed E-state index contributed by atoms with van der Waals surface area (Å²) < 4.78 is 20.9. The van der Waals surface area contributed by atoms with Crippen molar-refractivity contribution in [1.29, 1.82) is 0 Å². The van der Waals surface area contributed by atoms with Gasteiger partial charge in [-0.15, -0.1) is 0 Å². The van der Waals surface area contributed by atoms with Crippen molar-refractivity contribution in [2.24, 2.45) is 0 Å². The molecule has 7 heteroatoms. The minimum absolute atomic E-state index is 0.0856. The normalized spacial score (nSPS) is 10.5. The van der Waals surface area contributed by atoms with Crippen LogP contribution in [-0.4, -0.2) is 24.2 Å². The number of nitrogens with zero attached hydrogens (tertiary/aromatic N) is 1. The molecule has 0 fully saturated rings. The maximum Gasteiger partial charge on any atom is 0.337 e. The fourth-order valence-corrected chi connectivity index (χ4v) is 2.85. The summed E-state index contributed by atoms with van der Waals surface area (Å²) in [5, 5.41) is 3.90. The molecule has 0 saturated heterocycles. The van der Waals surface area contributed by atoms with E-state index in [1.807, 2.05) is 26.0 Å². The zero-order valence-electron chi connectivity index (χ0n) is 17.1. The van der Waals surface area contributed by atoms with Crippen LogP contribution in [-0.2, 0) is 33.9 Å². The lowest BCUT2D eigenvalue weighted by Crippen LogP contribution is -2.09. The van der Waals surface area contributed by atoms with E-state index in [9.17, 15) is 9.59 Å². The Morgan fingerprint density at radius 3 is 2.43 bits per heavy atom. The third kappa shape index (κ3) is 5.47. The van der Waals surface area contributed by atoms with Crippen LogP contribution in [0.5, 0.6) is 5.75 Å². The Bertz CT molecular complexity index is 1000. The Kier molecular flexibility index (Phi) is 6.85. The van der Waals surface area contributed by atoms with Gasteiger partial charge in [-0.25, -0.2) is 4.79 Å². The molecule has 0 bridgehead atoms. The predicted molar refractivity (Wildman–Crippen MR) is 108 cm³/mol. The first-order valence-electron chi connectivity index (χ1n) is 9.42. The van der Waals surface area contributed by atoms with E-state index in [-0.39, 0.29) is 19.0 Å². The minimum Gasteiger partial charge on any atom is -0.489 e. The van der Waals surface area contributed by atoms with E-state index >= 15 is 0 Å². The number of methoxy groups -OCH3 is 1. The van der Waals surface area contributed by atoms with Crippen molar-refractivity contribution in [3.63, 3.8) is 0 Å². The van der Waals surface area contributed by atoms with Gasteiger partial charge in [-0.3, -0.25) is 4.79 Å². The first kappa shape index (κ1) is 21.1. The molecule has 156 valence electrons. The van der Waals surface area contributed by atoms with Gasteiger partial charge >= 0.3 is 11.9 Å². The second-order valence-electron chi connectivity index (χ2n) is 6.76. The smallest absolute Gasteiger partial charge is 0.337 e. The summed E-state index contributed by atoms with van der Waals surface area (Å²) in [5.41, 5.74) is 3.68. The molecule has 30 heavy (non-hydrogen) atoms. The number of benzene rings is 2. The molecule has 0 aliphatic heterocycles. The standard InChI is InChI=1S/C23H23NO6/c1-15-21(16(2)30-24-15)14-28-20-9-7-17(8-10-20)12-22(25)29-13-18-5-4-6-19(11-18)23(26)27-3/h4-11H,12-14H2,1-3H3. The van der Waals surface area contributed by atoms with Crippen LogP contribution in [0.3, 0.4) is 0 Å². The van der Waals surface area contributed by atoms with Crippen LogP contribution in [0.2, 0.25) is 0 Å². The molecule has 1 aromatic heterocycles.